The summed E-state index contributed by atoms with van der Waals surface area (Å²) < 4.78 is 5.05. The molecule has 0 spiro atoms. The predicted molar refractivity (Wildman–Crippen MR) is 103 cm³/mol. The van der Waals surface area contributed by atoms with Crippen molar-refractivity contribution in [3.8, 4) is 0 Å². The molecule has 0 aromatic heterocycles. The lowest BCUT2D eigenvalue weighted by molar-refractivity contribution is 0.180. The molecule has 0 heterocycles. The standard InChI is InChI=1S/C15H34N4O.HI/c1-14(2)8-6-9-17-15(16-3)18-10-12-19(4)11-7-13-20-5;/h14H,6-13H2,1-5H3,(H2,16,17,18);1H. The maximum Gasteiger partial charge on any atom is 0.191 e. The fourth-order valence-corrected chi connectivity index (χ4v) is 1.89. The van der Waals surface area contributed by atoms with E-state index in [4.69, 9.17) is 4.74 Å². The van der Waals surface area contributed by atoms with Crippen molar-refractivity contribution in [2.75, 3.05) is 54.0 Å². The lowest BCUT2D eigenvalue weighted by Crippen LogP contribution is -2.41. The van der Waals surface area contributed by atoms with E-state index >= 15 is 0 Å². The zero-order chi connectivity index (χ0) is 15.2. The molecule has 0 aromatic carbocycles. The Morgan fingerprint density at radius 2 is 1.81 bits per heavy atom. The fourth-order valence-electron chi connectivity index (χ4n) is 1.89. The van der Waals surface area contributed by atoms with Crippen molar-refractivity contribution in [3.63, 3.8) is 0 Å². The van der Waals surface area contributed by atoms with Crippen molar-refractivity contribution in [1.29, 1.82) is 0 Å². The van der Waals surface area contributed by atoms with E-state index in [0.29, 0.717) is 0 Å². The van der Waals surface area contributed by atoms with Crippen LogP contribution >= 0.6 is 24.0 Å². The van der Waals surface area contributed by atoms with Crippen LogP contribution in [0.2, 0.25) is 0 Å². The average molecular weight is 414 g/mol. The quantitative estimate of drug-likeness (QED) is 0.236. The molecule has 2 N–H and O–H groups in total. The number of hydrogen-bond acceptors (Lipinski definition) is 3. The highest BCUT2D eigenvalue weighted by Crippen LogP contribution is 2.01. The fraction of sp³-hybridized carbons (Fsp3) is 0.933. The molecule has 0 aliphatic heterocycles. The molecular weight excluding hydrogens is 379 g/mol. The van der Waals surface area contributed by atoms with Crippen molar-refractivity contribution in [2.45, 2.75) is 33.1 Å². The average Bonchev–Trinajstić information content (AvgIpc) is 2.41. The molecular formula is C15H35IN4O. The summed E-state index contributed by atoms with van der Waals surface area (Å²) >= 11 is 0. The molecule has 128 valence electrons. The van der Waals surface area contributed by atoms with E-state index in [2.05, 4.69) is 41.4 Å². The number of methoxy groups -OCH3 is 1. The monoisotopic (exact) mass is 414 g/mol. The zero-order valence-corrected chi connectivity index (χ0v) is 16.8. The van der Waals surface area contributed by atoms with E-state index in [0.717, 1.165) is 51.1 Å². The molecule has 0 aliphatic rings. The third kappa shape index (κ3) is 16.1. The first-order valence-corrected chi connectivity index (χ1v) is 7.72. The number of likely N-dealkylation sites (N-methyl/N-ethyl adjacent to an activating group) is 1. The van der Waals surface area contributed by atoms with Crippen LogP contribution in [-0.4, -0.2) is 64.9 Å². The van der Waals surface area contributed by atoms with Gasteiger partial charge in [0.05, 0.1) is 0 Å². The Balaban J connectivity index is 0. The van der Waals surface area contributed by atoms with Crippen LogP contribution < -0.4 is 10.6 Å². The summed E-state index contributed by atoms with van der Waals surface area (Å²) in [4.78, 5) is 6.54. The first-order chi connectivity index (χ1) is 9.60. The van der Waals surface area contributed by atoms with E-state index in [1.807, 2.05) is 7.05 Å². The Morgan fingerprint density at radius 1 is 1.14 bits per heavy atom. The lowest BCUT2D eigenvalue weighted by atomic mass is 10.1. The van der Waals surface area contributed by atoms with E-state index in [-0.39, 0.29) is 24.0 Å². The third-order valence-corrected chi connectivity index (χ3v) is 3.15. The Labute approximate surface area is 148 Å². The number of aliphatic imine (C=N–C) groups is 1. The van der Waals surface area contributed by atoms with Gasteiger partial charge >= 0.3 is 0 Å². The highest BCUT2D eigenvalue weighted by Gasteiger charge is 2.00. The number of nitrogens with one attached hydrogen (secondary N) is 2. The van der Waals surface area contributed by atoms with Crippen LogP contribution in [0.4, 0.5) is 0 Å². The molecule has 5 nitrogen and oxygen atoms in total. The first kappa shape index (κ1) is 23.2. The Kier molecular flexibility index (Phi) is 18.0. The molecule has 0 saturated heterocycles. The van der Waals surface area contributed by atoms with Gasteiger partial charge in [0.25, 0.3) is 0 Å². The molecule has 0 unspecified atom stereocenters. The molecule has 21 heavy (non-hydrogen) atoms. The molecule has 0 bridgehead atoms. The van der Waals surface area contributed by atoms with E-state index in [9.17, 15) is 0 Å². The van der Waals surface area contributed by atoms with Crippen molar-refractivity contribution in [1.82, 2.24) is 15.5 Å². The zero-order valence-electron chi connectivity index (χ0n) is 14.4. The number of rotatable bonds is 11. The van der Waals surface area contributed by atoms with Gasteiger partial charge in [-0.1, -0.05) is 13.8 Å². The van der Waals surface area contributed by atoms with Gasteiger partial charge in [0.1, 0.15) is 0 Å². The smallest absolute Gasteiger partial charge is 0.191 e. The Bertz CT molecular complexity index is 250. The summed E-state index contributed by atoms with van der Waals surface area (Å²) in [5.41, 5.74) is 0. The van der Waals surface area contributed by atoms with Crippen LogP contribution in [0, 0.1) is 5.92 Å². The second-order valence-electron chi connectivity index (χ2n) is 5.61. The second-order valence-corrected chi connectivity index (χ2v) is 5.61. The number of hydrogen-bond donors (Lipinski definition) is 2. The van der Waals surface area contributed by atoms with Crippen LogP contribution in [0.25, 0.3) is 0 Å². The number of halogens is 1. The minimum Gasteiger partial charge on any atom is -0.385 e. The van der Waals surface area contributed by atoms with Crippen LogP contribution in [0.5, 0.6) is 0 Å². The number of ether oxygens (including phenoxy) is 1. The van der Waals surface area contributed by atoms with Gasteiger partial charge < -0.3 is 20.3 Å². The van der Waals surface area contributed by atoms with E-state index in [1.165, 1.54) is 12.8 Å². The molecule has 0 rings (SSSR count). The largest absolute Gasteiger partial charge is 0.385 e. The Hall–Kier alpha value is -0.0800. The van der Waals surface area contributed by atoms with Gasteiger partial charge in [-0.15, -0.1) is 24.0 Å². The maximum absolute atomic E-state index is 5.05. The summed E-state index contributed by atoms with van der Waals surface area (Å²) in [5, 5.41) is 6.70. The SMILES string of the molecule is CN=C(NCCCC(C)C)NCCN(C)CCCOC.I. The molecule has 0 radical (unpaired) electrons. The van der Waals surface area contributed by atoms with E-state index in [1.54, 1.807) is 7.11 Å². The lowest BCUT2D eigenvalue weighted by Gasteiger charge is -2.18. The normalized spacial score (nSPS) is 11.7. The summed E-state index contributed by atoms with van der Waals surface area (Å²) in [6, 6.07) is 0. The summed E-state index contributed by atoms with van der Waals surface area (Å²) in [6.45, 7) is 9.32. The van der Waals surface area contributed by atoms with Crippen LogP contribution in [-0.2, 0) is 4.74 Å². The van der Waals surface area contributed by atoms with Crippen molar-refractivity contribution < 1.29 is 4.74 Å². The van der Waals surface area contributed by atoms with Gasteiger partial charge in [-0.25, -0.2) is 0 Å². The molecule has 0 aromatic rings. The highest BCUT2D eigenvalue weighted by molar-refractivity contribution is 14.0. The minimum absolute atomic E-state index is 0. The molecule has 0 saturated carbocycles. The molecule has 0 amide bonds. The summed E-state index contributed by atoms with van der Waals surface area (Å²) in [7, 11) is 5.70. The molecule has 0 atom stereocenters. The molecule has 0 aliphatic carbocycles. The second kappa shape index (κ2) is 16.3. The minimum atomic E-state index is 0. The highest BCUT2D eigenvalue weighted by atomic mass is 127. The predicted octanol–water partition coefficient (Wildman–Crippen LogP) is 2.17. The van der Waals surface area contributed by atoms with Gasteiger partial charge in [-0.05, 0) is 32.2 Å². The Morgan fingerprint density at radius 3 is 2.38 bits per heavy atom. The van der Waals surface area contributed by atoms with Crippen LogP contribution in [0.3, 0.4) is 0 Å². The van der Waals surface area contributed by atoms with Gasteiger partial charge in [-0.2, -0.15) is 0 Å². The molecule has 0 fully saturated rings. The number of guanidine groups is 1. The molecule has 6 heteroatoms. The van der Waals surface area contributed by atoms with Crippen molar-refractivity contribution >= 4 is 29.9 Å². The number of nitrogens with zero attached hydrogens (tertiary/aromatic N) is 2. The maximum atomic E-state index is 5.05. The summed E-state index contributed by atoms with van der Waals surface area (Å²) in [5.74, 6) is 1.67. The third-order valence-electron chi connectivity index (χ3n) is 3.15. The van der Waals surface area contributed by atoms with Gasteiger partial charge in [0, 0.05) is 46.9 Å². The van der Waals surface area contributed by atoms with Crippen LogP contribution in [0.15, 0.2) is 4.99 Å². The van der Waals surface area contributed by atoms with Crippen molar-refractivity contribution in [3.05, 3.63) is 0 Å². The van der Waals surface area contributed by atoms with E-state index < -0.39 is 0 Å². The van der Waals surface area contributed by atoms with Gasteiger partial charge in [0.2, 0.25) is 0 Å². The van der Waals surface area contributed by atoms with Crippen LogP contribution in [0.1, 0.15) is 33.1 Å². The summed E-state index contributed by atoms with van der Waals surface area (Å²) in [6.07, 6.45) is 3.52. The van der Waals surface area contributed by atoms with Gasteiger partial charge in [-0.3, -0.25) is 4.99 Å². The van der Waals surface area contributed by atoms with Crippen molar-refractivity contribution in [2.24, 2.45) is 10.9 Å². The topological polar surface area (TPSA) is 48.9 Å². The van der Waals surface area contributed by atoms with Gasteiger partial charge in [0.15, 0.2) is 5.96 Å². The first-order valence-electron chi connectivity index (χ1n) is 7.72.